The first-order chi connectivity index (χ1) is 5.04. The number of halogens is 2. The van der Waals surface area contributed by atoms with Crippen molar-refractivity contribution in [1.29, 1.82) is 0 Å². The minimum Gasteiger partial charge on any atom is -0.465 e. The van der Waals surface area contributed by atoms with E-state index in [1.807, 2.05) is 0 Å². The van der Waals surface area contributed by atoms with Crippen LogP contribution in [-0.2, 0) is 9.53 Å². The highest BCUT2D eigenvalue weighted by atomic mass is 32.1. The van der Waals surface area contributed by atoms with Crippen molar-refractivity contribution < 1.29 is 18.3 Å². The lowest BCUT2D eigenvalue weighted by molar-refractivity contribution is -0.166. The molecule has 0 atom stereocenters. The zero-order valence-electron chi connectivity index (χ0n) is 5.63. The van der Waals surface area contributed by atoms with Crippen molar-refractivity contribution in [2.45, 2.75) is 5.92 Å². The Morgan fingerprint density at radius 1 is 1.82 bits per heavy atom. The first-order valence-corrected chi connectivity index (χ1v) is 2.95. The molecule has 0 radical (unpaired) electrons. The van der Waals surface area contributed by atoms with E-state index in [1.54, 1.807) is 5.16 Å². The van der Waals surface area contributed by atoms with Gasteiger partial charge in [0, 0.05) is 0 Å². The van der Waals surface area contributed by atoms with Gasteiger partial charge in [0.2, 0.25) is 0 Å². The average molecular weight is 181 g/mol. The van der Waals surface area contributed by atoms with E-state index >= 15 is 0 Å². The van der Waals surface area contributed by atoms with Crippen LogP contribution in [0.5, 0.6) is 0 Å². The van der Waals surface area contributed by atoms with Crippen molar-refractivity contribution in [3.63, 3.8) is 0 Å². The smallest absolute Gasteiger partial charge is 0.378 e. The maximum Gasteiger partial charge on any atom is 0.378 e. The fourth-order valence-electron chi connectivity index (χ4n) is 0.345. The molecule has 0 aromatic carbocycles. The Kier molecular flexibility index (Phi) is 3.78. The minimum atomic E-state index is -3.60. The summed E-state index contributed by atoms with van der Waals surface area (Å²) >= 11 is 4.04. The van der Waals surface area contributed by atoms with Gasteiger partial charge >= 0.3 is 11.9 Å². The van der Waals surface area contributed by atoms with Crippen LogP contribution in [0, 0.1) is 0 Å². The summed E-state index contributed by atoms with van der Waals surface area (Å²) in [6.45, 7) is -1.01. The van der Waals surface area contributed by atoms with Gasteiger partial charge in [-0.1, -0.05) is 0 Å². The SMILES string of the molecule is COC(=O)C(F)(F)CN=C=S. The van der Waals surface area contributed by atoms with Crippen molar-refractivity contribution in [2.24, 2.45) is 4.99 Å². The van der Waals surface area contributed by atoms with E-state index in [2.05, 4.69) is 21.9 Å². The number of carbonyl (C=O) groups excluding carboxylic acids is 1. The first kappa shape index (κ1) is 10.1. The van der Waals surface area contributed by atoms with Crippen molar-refractivity contribution >= 4 is 23.3 Å². The number of alkyl halides is 2. The maximum atomic E-state index is 12.4. The monoisotopic (exact) mass is 181 g/mol. The van der Waals surface area contributed by atoms with Crippen molar-refractivity contribution in [1.82, 2.24) is 0 Å². The fourth-order valence-corrected chi connectivity index (χ4v) is 0.410. The van der Waals surface area contributed by atoms with Gasteiger partial charge in [0.25, 0.3) is 0 Å². The molecule has 0 aromatic heterocycles. The number of aliphatic imine (C=N–C) groups is 1. The largest absolute Gasteiger partial charge is 0.465 e. The van der Waals surface area contributed by atoms with E-state index in [0.29, 0.717) is 0 Å². The van der Waals surface area contributed by atoms with Crippen LogP contribution in [0.1, 0.15) is 0 Å². The lowest BCUT2D eigenvalue weighted by Crippen LogP contribution is -2.32. The molecule has 0 saturated heterocycles. The molecule has 0 amide bonds. The number of hydrogen-bond donors (Lipinski definition) is 0. The topological polar surface area (TPSA) is 38.7 Å². The van der Waals surface area contributed by atoms with Gasteiger partial charge in [0.1, 0.15) is 6.54 Å². The predicted octanol–water partition coefficient (Wildman–Crippen LogP) is 0.897. The maximum absolute atomic E-state index is 12.4. The highest BCUT2D eigenvalue weighted by Crippen LogP contribution is 2.14. The van der Waals surface area contributed by atoms with Crippen LogP contribution in [0.25, 0.3) is 0 Å². The number of hydrogen-bond acceptors (Lipinski definition) is 4. The van der Waals surface area contributed by atoms with Crippen LogP contribution >= 0.6 is 12.2 Å². The Morgan fingerprint density at radius 3 is 2.73 bits per heavy atom. The number of nitrogens with zero attached hydrogens (tertiary/aromatic N) is 1. The number of thiocarbonyl (C=S) groups is 1. The van der Waals surface area contributed by atoms with Crippen LogP contribution < -0.4 is 0 Å². The van der Waals surface area contributed by atoms with E-state index in [-0.39, 0.29) is 0 Å². The Hall–Kier alpha value is -0.870. The zero-order valence-corrected chi connectivity index (χ0v) is 6.45. The molecule has 6 heteroatoms. The summed E-state index contributed by atoms with van der Waals surface area (Å²) < 4.78 is 28.5. The molecule has 0 heterocycles. The van der Waals surface area contributed by atoms with Gasteiger partial charge in [-0.25, -0.2) is 9.79 Å². The summed E-state index contributed by atoms with van der Waals surface area (Å²) in [6, 6.07) is 0. The molecule has 62 valence electrons. The summed E-state index contributed by atoms with van der Waals surface area (Å²) in [7, 11) is 0.872. The van der Waals surface area contributed by atoms with Crippen LogP contribution in [0.3, 0.4) is 0 Å². The van der Waals surface area contributed by atoms with Gasteiger partial charge in [0.15, 0.2) is 0 Å². The third-order valence-electron chi connectivity index (χ3n) is 0.826. The molecule has 0 aromatic rings. The third kappa shape index (κ3) is 3.15. The number of carbonyl (C=O) groups is 1. The number of esters is 1. The molecule has 0 bridgehead atoms. The van der Waals surface area contributed by atoms with Gasteiger partial charge < -0.3 is 4.74 Å². The highest BCUT2D eigenvalue weighted by Gasteiger charge is 2.39. The van der Waals surface area contributed by atoms with Gasteiger partial charge in [-0.15, -0.1) is 0 Å². The van der Waals surface area contributed by atoms with E-state index in [1.165, 1.54) is 0 Å². The minimum absolute atomic E-state index is 0.872. The second-order valence-electron chi connectivity index (χ2n) is 1.60. The number of isothiocyanates is 1. The molecule has 0 rings (SSSR count). The molecular weight excluding hydrogens is 176 g/mol. The molecule has 0 spiro atoms. The summed E-state index contributed by atoms with van der Waals surface area (Å²) in [5.41, 5.74) is 0. The van der Waals surface area contributed by atoms with Crippen LogP contribution in [0.2, 0.25) is 0 Å². The summed E-state index contributed by atoms with van der Waals surface area (Å²) in [5, 5.41) is 1.72. The summed E-state index contributed by atoms with van der Waals surface area (Å²) in [6.07, 6.45) is 0. The van der Waals surface area contributed by atoms with Crippen LogP contribution in [0.4, 0.5) is 8.78 Å². The fraction of sp³-hybridized carbons (Fsp3) is 0.600. The molecule has 0 aliphatic heterocycles. The molecule has 0 N–H and O–H groups in total. The first-order valence-electron chi connectivity index (χ1n) is 2.54. The van der Waals surface area contributed by atoms with Crippen molar-refractivity contribution in [3.05, 3.63) is 0 Å². The molecule has 0 saturated carbocycles. The molecule has 0 fully saturated rings. The molecular formula is C5H5F2NO2S. The Labute approximate surface area is 67.1 Å². The number of rotatable bonds is 3. The second kappa shape index (κ2) is 4.10. The molecule has 0 unspecified atom stereocenters. The zero-order chi connectivity index (χ0) is 8.91. The van der Waals surface area contributed by atoms with Crippen molar-refractivity contribution in [2.75, 3.05) is 13.7 Å². The van der Waals surface area contributed by atoms with E-state index in [4.69, 9.17) is 0 Å². The van der Waals surface area contributed by atoms with Crippen LogP contribution in [-0.4, -0.2) is 30.7 Å². The van der Waals surface area contributed by atoms with Gasteiger partial charge in [0.05, 0.1) is 12.3 Å². The molecule has 0 aliphatic rings. The van der Waals surface area contributed by atoms with E-state index in [9.17, 15) is 13.6 Å². The van der Waals surface area contributed by atoms with E-state index < -0.39 is 18.4 Å². The second-order valence-corrected chi connectivity index (χ2v) is 1.79. The molecule has 0 aliphatic carbocycles. The van der Waals surface area contributed by atoms with Gasteiger partial charge in [-0.3, -0.25) is 0 Å². The Bertz CT molecular complexity index is 201. The average Bonchev–Trinajstić information content (AvgIpc) is 1.99. The summed E-state index contributed by atoms with van der Waals surface area (Å²) in [5.74, 6) is -5.22. The number of ether oxygens (including phenoxy) is 1. The number of methoxy groups -OCH3 is 1. The molecule has 3 nitrogen and oxygen atoms in total. The normalized spacial score (nSPS) is 10.1. The quantitative estimate of drug-likeness (QED) is 0.369. The highest BCUT2D eigenvalue weighted by molar-refractivity contribution is 7.78. The third-order valence-corrected chi connectivity index (χ3v) is 0.955. The molecule has 11 heavy (non-hydrogen) atoms. The van der Waals surface area contributed by atoms with Crippen molar-refractivity contribution in [3.8, 4) is 0 Å². The van der Waals surface area contributed by atoms with E-state index in [0.717, 1.165) is 7.11 Å². The van der Waals surface area contributed by atoms with Gasteiger partial charge in [-0.05, 0) is 12.2 Å². The Balaban J connectivity index is 4.20. The lowest BCUT2D eigenvalue weighted by atomic mass is 10.3. The predicted molar refractivity (Wildman–Crippen MR) is 36.9 cm³/mol. The van der Waals surface area contributed by atoms with Gasteiger partial charge in [-0.2, -0.15) is 8.78 Å². The lowest BCUT2D eigenvalue weighted by Gasteiger charge is -2.08. The summed E-state index contributed by atoms with van der Waals surface area (Å²) in [4.78, 5) is 13.2. The standard InChI is InChI=1S/C5H5F2NO2S/c1-10-4(9)5(6,7)2-8-3-11/h2H2,1H3. The van der Waals surface area contributed by atoms with Crippen LogP contribution in [0.15, 0.2) is 4.99 Å². The Morgan fingerprint density at radius 2 is 2.36 bits per heavy atom.